The van der Waals surface area contributed by atoms with E-state index in [1.807, 2.05) is 11.5 Å². The molecule has 0 saturated carbocycles. The van der Waals surface area contributed by atoms with Crippen molar-refractivity contribution in [3.8, 4) is 0 Å². The minimum Gasteiger partial charge on any atom is -0.346 e. The molecule has 2 rings (SSSR count). The second kappa shape index (κ2) is 7.72. The summed E-state index contributed by atoms with van der Waals surface area (Å²) < 4.78 is 2.02. The fourth-order valence-electron chi connectivity index (χ4n) is 3.09. The maximum Gasteiger partial charge on any atom is 0.223 e. The predicted molar refractivity (Wildman–Crippen MR) is 86.3 cm³/mol. The topological polar surface area (TPSA) is 63.1 Å². The highest BCUT2D eigenvalue weighted by atomic mass is 16.2. The average Bonchev–Trinajstić information content (AvgIpc) is 2.96. The summed E-state index contributed by atoms with van der Waals surface area (Å²) in [7, 11) is 0. The third kappa shape index (κ3) is 4.06. The minimum atomic E-state index is -0.0929. The first-order valence-electron chi connectivity index (χ1n) is 8.45. The van der Waals surface area contributed by atoms with Gasteiger partial charge in [-0.15, -0.1) is 10.2 Å². The van der Waals surface area contributed by atoms with Crippen molar-refractivity contribution in [2.75, 3.05) is 13.1 Å². The fraction of sp³-hybridized carbons (Fsp3) is 0.812. The van der Waals surface area contributed by atoms with E-state index in [9.17, 15) is 4.79 Å². The van der Waals surface area contributed by atoms with Crippen LogP contribution in [-0.4, -0.2) is 44.7 Å². The molecule has 1 atom stereocenters. The average molecular weight is 307 g/mol. The Kier molecular flexibility index (Phi) is 5.94. The van der Waals surface area contributed by atoms with Gasteiger partial charge >= 0.3 is 0 Å². The normalized spacial score (nSPS) is 18.6. The Balaban J connectivity index is 1.88. The molecule has 1 aliphatic rings. The molecule has 0 aromatic carbocycles. The van der Waals surface area contributed by atoms with E-state index in [4.69, 9.17) is 0 Å². The molecular formula is C16H29N5O. The van der Waals surface area contributed by atoms with E-state index in [0.29, 0.717) is 6.04 Å². The third-order valence-corrected chi connectivity index (χ3v) is 4.49. The molecule has 1 aromatic heterocycles. The molecule has 124 valence electrons. The number of aryl methyl sites for hydroxylation is 1. The number of nitrogens with one attached hydrogen (secondary N) is 1. The second-order valence-corrected chi connectivity index (χ2v) is 6.52. The van der Waals surface area contributed by atoms with Crippen LogP contribution in [-0.2, 0) is 11.3 Å². The number of carbonyl (C=O) groups excluding carboxylic acids is 1. The molecule has 1 aliphatic heterocycles. The fourth-order valence-corrected chi connectivity index (χ4v) is 3.09. The quantitative estimate of drug-likeness (QED) is 0.873. The van der Waals surface area contributed by atoms with Gasteiger partial charge in [0.2, 0.25) is 5.91 Å². The van der Waals surface area contributed by atoms with Crippen LogP contribution in [0.25, 0.3) is 0 Å². The lowest BCUT2D eigenvalue weighted by molar-refractivity contribution is -0.127. The molecule has 0 radical (unpaired) electrons. The number of carbonyl (C=O) groups is 1. The lowest BCUT2D eigenvalue weighted by Crippen LogP contribution is -2.43. The zero-order chi connectivity index (χ0) is 16.1. The molecule has 1 N–H and O–H groups in total. The molecule has 6 nitrogen and oxygen atoms in total. The molecular weight excluding hydrogens is 278 g/mol. The summed E-state index contributed by atoms with van der Waals surface area (Å²) in [5.41, 5.74) is 0. The Morgan fingerprint density at radius 1 is 1.36 bits per heavy atom. The van der Waals surface area contributed by atoms with Crippen LogP contribution in [0.5, 0.6) is 0 Å². The minimum absolute atomic E-state index is 0.0929. The molecule has 1 unspecified atom stereocenters. The third-order valence-electron chi connectivity index (χ3n) is 4.49. The summed E-state index contributed by atoms with van der Waals surface area (Å²) in [6.45, 7) is 11.4. The van der Waals surface area contributed by atoms with Gasteiger partial charge in [0.05, 0.1) is 6.04 Å². The lowest BCUT2D eigenvalue weighted by atomic mass is 9.95. The van der Waals surface area contributed by atoms with E-state index >= 15 is 0 Å². The molecule has 0 spiro atoms. The Morgan fingerprint density at radius 2 is 2.05 bits per heavy atom. The van der Waals surface area contributed by atoms with Gasteiger partial charge in [-0.3, -0.25) is 4.79 Å². The van der Waals surface area contributed by atoms with E-state index in [0.717, 1.165) is 44.7 Å². The zero-order valence-electron chi connectivity index (χ0n) is 14.2. The van der Waals surface area contributed by atoms with Gasteiger partial charge in [0.1, 0.15) is 6.33 Å². The number of likely N-dealkylation sites (tertiary alicyclic amines) is 1. The van der Waals surface area contributed by atoms with Crippen LogP contribution in [0.3, 0.4) is 0 Å². The Morgan fingerprint density at radius 3 is 2.64 bits per heavy atom. The van der Waals surface area contributed by atoms with Gasteiger partial charge < -0.3 is 14.8 Å². The first-order chi connectivity index (χ1) is 10.5. The molecule has 0 bridgehead atoms. The van der Waals surface area contributed by atoms with Crippen LogP contribution in [0.4, 0.5) is 0 Å². The number of nitrogens with zero attached hydrogens (tertiary/aromatic N) is 4. The van der Waals surface area contributed by atoms with Crippen LogP contribution in [0.15, 0.2) is 6.33 Å². The summed E-state index contributed by atoms with van der Waals surface area (Å²) in [6.07, 6.45) is 4.65. The SMILES string of the molecule is CCCn1cnnc1C(C)NC(=O)C1CCN(C(C)C)CC1. The van der Waals surface area contributed by atoms with Crippen LogP contribution < -0.4 is 5.32 Å². The van der Waals surface area contributed by atoms with Crippen molar-refractivity contribution in [2.24, 2.45) is 5.92 Å². The molecule has 1 amide bonds. The van der Waals surface area contributed by atoms with Crippen molar-refractivity contribution in [3.05, 3.63) is 12.2 Å². The highest BCUT2D eigenvalue weighted by Crippen LogP contribution is 2.20. The molecule has 1 saturated heterocycles. The van der Waals surface area contributed by atoms with Crippen LogP contribution in [0, 0.1) is 5.92 Å². The first-order valence-corrected chi connectivity index (χ1v) is 8.45. The van der Waals surface area contributed by atoms with Gasteiger partial charge in [-0.25, -0.2) is 0 Å². The standard InChI is InChI=1S/C16H29N5O/c1-5-8-21-11-17-19-15(21)13(4)18-16(22)14-6-9-20(10-7-14)12(2)3/h11-14H,5-10H2,1-4H3,(H,18,22). The molecule has 0 aliphatic carbocycles. The van der Waals surface area contributed by atoms with Crippen molar-refractivity contribution >= 4 is 5.91 Å². The zero-order valence-corrected chi connectivity index (χ0v) is 14.2. The van der Waals surface area contributed by atoms with E-state index in [1.165, 1.54) is 0 Å². The van der Waals surface area contributed by atoms with Gasteiger partial charge in [0.15, 0.2) is 5.82 Å². The van der Waals surface area contributed by atoms with Crippen molar-refractivity contribution in [2.45, 2.75) is 65.6 Å². The molecule has 6 heteroatoms. The number of rotatable bonds is 6. The van der Waals surface area contributed by atoms with Gasteiger partial charge in [-0.05, 0) is 53.1 Å². The van der Waals surface area contributed by atoms with Crippen LogP contribution in [0.1, 0.15) is 58.8 Å². The predicted octanol–water partition coefficient (Wildman–Crippen LogP) is 1.99. The van der Waals surface area contributed by atoms with E-state index in [2.05, 4.69) is 41.2 Å². The molecule has 2 heterocycles. The Bertz CT molecular complexity index is 477. The van der Waals surface area contributed by atoms with Crippen molar-refractivity contribution in [1.82, 2.24) is 25.0 Å². The van der Waals surface area contributed by atoms with E-state index in [1.54, 1.807) is 6.33 Å². The van der Waals surface area contributed by atoms with Crippen LogP contribution >= 0.6 is 0 Å². The number of hydrogen-bond acceptors (Lipinski definition) is 4. The summed E-state index contributed by atoms with van der Waals surface area (Å²) in [4.78, 5) is 14.9. The molecule has 1 aromatic rings. The number of amides is 1. The number of piperidine rings is 1. The van der Waals surface area contributed by atoms with Gasteiger partial charge in [-0.2, -0.15) is 0 Å². The molecule has 1 fully saturated rings. The van der Waals surface area contributed by atoms with Gasteiger partial charge in [0.25, 0.3) is 0 Å². The van der Waals surface area contributed by atoms with Crippen LogP contribution in [0.2, 0.25) is 0 Å². The number of aromatic nitrogens is 3. The maximum absolute atomic E-state index is 12.5. The maximum atomic E-state index is 12.5. The largest absolute Gasteiger partial charge is 0.346 e. The van der Waals surface area contributed by atoms with Crippen molar-refractivity contribution in [3.63, 3.8) is 0 Å². The second-order valence-electron chi connectivity index (χ2n) is 6.52. The first kappa shape index (κ1) is 16.9. The van der Waals surface area contributed by atoms with E-state index < -0.39 is 0 Å². The van der Waals surface area contributed by atoms with Gasteiger partial charge in [0, 0.05) is 18.5 Å². The van der Waals surface area contributed by atoms with E-state index in [-0.39, 0.29) is 17.9 Å². The highest BCUT2D eigenvalue weighted by Gasteiger charge is 2.27. The van der Waals surface area contributed by atoms with Crippen molar-refractivity contribution < 1.29 is 4.79 Å². The highest BCUT2D eigenvalue weighted by molar-refractivity contribution is 5.79. The molecule has 22 heavy (non-hydrogen) atoms. The number of hydrogen-bond donors (Lipinski definition) is 1. The monoisotopic (exact) mass is 307 g/mol. The summed E-state index contributed by atoms with van der Waals surface area (Å²) in [5.74, 6) is 1.12. The summed E-state index contributed by atoms with van der Waals surface area (Å²) in [5, 5.41) is 11.2. The summed E-state index contributed by atoms with van der Waals surface area (Å²) in [6, 6.07) is 0.472. The van der Waals surface area contributed by atoms with Gasteiger partial charge in [-0.1, -0.05) is 6.92 Å². The van der Waals surface area contributed by atoms with Crippen molar-refractivity contribution in [1.29, 1.82) is 0 Å². The Hall–Kier alpha value is -1.43. The lowest BCUT2D eigenvalue weighted by Gasteiger charge is -2.34. The summed E-state index contributed by atoms with van der Waals surface area (Å²) >= 11 is 0. The Labute approximate surface area is 133 Å². The smallest absolute Gasteiger partial charge is 0.223 e.